The Morgan fingerprint density at radius 2 is 1.86 bits per heavy atom. The summed E-state index contributed by atoms with van der Waals surface area (Å²) in [6.07, 6.45) is 1.89. The van der Waals surface area contributed by atoms with E-state index >= 15 is 0 Å². The molecule has 2 heterocycles. The summed E-state index contributed by atoms with van der Waals surface area (Å²) in [5.74, 6) is 0.173. The zero-order valence-corrected chi connectivity index (χ0v) is 17.1. The maximum atomic E-state index is 13.1. The fourth-order valence-electron chi connectivity index (χ4n) is 3.43. The van der Waals surface area contributed by atoms with Crippen molar-refractivity contribution in [1.29, 1.82) is 0 Å². The molecule has 7 heteroatoms. The number of rotatable bonds is 6. The minimum Gasteiger partial charge on any atom is -0.489 e. The third-order valence-corrected chi connectivity index (χ3v) is 7.79. The van der Waals surface area contributed by atoms with Gasteiger partial charge < -0.3 is 10.1 Å². The number of ether oxygens (including phenoxy) is 1. The molecule has 0 spiro atoms. The van der Waals surface area contributed by atoms with Gasteiger partial charge in [0.1, 0.15) is 17.3 Å². The molecule has 0 fully saturated rings. The molecular weight excluding hydrogens is 406 g/mol. The molecule has 0 bridgehead atoms. The minimum atomic E-state index is -3.74. The topological polar surface area (TPSA) is 72.5 Å². The number of fused-ring (bicyclic) bond motifs is 1. The van der Waals surface area contributed by atoms with Gasteiger partial charge >= 0.3 is 0 Å². The summed E-state index contributed by atoms with van der Waals surface area (Å²) in [4.78, 5) is 13.6. The number of sulfone groups is 1. The molecule has 0 radical (unpaired) electrons. The van der Waals surface area contributed by atoms with Crippen LogP contribution in [0.3, 0.4) is 0 Å². The van der Waals surface area contributed by atoms with Gasteiger partial charge in [0, 0.05) is 28.2 Å². The molecule has 3 aromatic rings. The van der Waals surface area contributed by atoms with E-state index in [9.17, 15) is 13.2 Å². The zero-order valence-electron chi connectivity index (χ0n) is 15.5. The summed E-state index contributed by atoms with van der Waals surface area (Å²) in [7, 11) is -3.74. The molecule has 1 aromatic heterocycles. The van der Waals surface area contributed by atoms with Gasteiger partial charge in [0.05, 0.1) is 10.6 Å². The first-order valence-corrected chi connectivity index (χ1v) is 11.4. The first kappa shape index (κ1) is 19.4. The van der Waals surface area contributed by atoms with Crippen molar-refractivity contribution < 1.29 is 17.9 Å². The molecule has 1 atom stereocenters. The number of nitrogens with one attached hydrogen (secondary N) is 1. The van der Waals surface area contributed by atoms with Crippen LogP contribution in [0.2, 0.25) is 0 Å². The number of para-hydroxylation sites is 1. The van der Waals surface area contributed by atoms with Crippen LogP contribution in [-0.4, -0.2) is 20.9 Å². The van der Waals surface area contributed by atoms with Crippen molar-refractivity contribution in [3.8, 4) is 5.75 Å². The highest BCUT2D eigenvalue weighted by atomic mass is 32.2. The Morgan fingerprint density at radius 3 is 2.62 bits per heavy atom. The second-order valence-electron chi connectivity index (χ2n) is 6.60. The van der Waals surface area contributed by atoms with Crippen LogP contribution < -0.4 is 10.1 Å². The lowest BCUT2D eigenvalue weighted by Crippen LogP contribution is -2.23. The van der Waals surface area contributed by atoms with E-state index in [4.69, 9.17) is 4.74 Å². The molecule has 0 saturated heterocycles. The van der Waals surface area contributed by atoms with E-state index in [-0.39, 0.29) is 28.0 Å². The summed E-state index contributed by atoms with van der Waals surface area (Å²) < 4.78 is 32.1. The number of thiophene rings is 1. The first-order valence-electron chi connectivity index (χ1n) is 9.06. The van der Waals surface area contributed by atoms with Crippen molar-refractivity contribution in [2.75, 3.05) is 11.9 Å². The SMILES string of the molecule is C=CCOc1ccccc1C1CC(=O)Nc2c(S(=O)(=O)c3ccccc3)csc21. The van der Waals surface area contributed by atoms with Crippen molar-refractivity contribution in [3.05, 3.63) is 83.1 Å². The number of hydrogen-bond acceptors (Lipinski definition) is 5. The van der Waals surface area contributed by atoms with Gasteiger partial charge in [0.15, 0.2) is 0 Å². The van der Waals surface area contributed by atoms with E-state index in [0.717, 1.165) is 10.4 Å². The lowest BCUT2D eigenvalue weighted by molar-refractivity contribution is -0.116. The zero-order chi connectivity index (χ0) is 20.4. The second-order valence-corrected chi connectivity index (χ2v) is 9.43. The fourth-order valence-corrected chi connectivity index (χ4v) is 6.35. The maximum Gasteiger partial charge on any atom is 0.225 e. The fraction of sp³-hybridized carbons (Fsp3) is 0.136. The van der Waals surface area contributed by atoms with Crippen LogP contribution in [0.5, 0.6) is 5.75 Å². The van der Waals surface area contributed by atoms with Crippen LogP contribution in [0.1, 0.15) is 22.8 Å². The number of amides is 1. The van der Waals surface area contributed by atoms with Crippen LogP contribution in [0.25, 0.3) is 0 Å². The lowest BCUT2D eigenvalue weighted by Gasteiger charge is -2.25. The normalized spacial score (nSPS) is 16.0. The summed E-state index contributed by atoms with van der Waals surface area (Å²) in [5, 5.41) is 4.39. The third kappa shape index (κ3) is 3.59. The van der Waals surface area contributed by atoms with Gasteiger partial charge in [-0.15, -0.1) is 11.3 Å². The van der Waals surface area contributed by atoms with Crippen molar-refractivity contribution >= 4 is 32.8 Å². The third-order valence-electron chi connectivity index (χ3n) is 4.75. The summed E-state index contributed by atoms with van der Waals surface area (Å²) in [6.45, 7) is 4.02. The Labute approximate surface area is 173 Å². The van der Waals surface area contributed by atoms with Gasteiger partial charge in [-0.25, -0.2) is 8.42 Å². The van der Waals surface area contributed by atoms with Gasteiger partial charge in [-0.3, -0.25) is 4.79 Å². The summed E-state index contributed by atoms with van der Waals surface area (Å²) >= 11 is 1.34. The second kappa shape index (κ2) is 7.85. The molecule has 2 aromatic carbocycles. The number of carbonyl (C=O) groups is 1. The number of carbonyl (C=O) groups excluding carboxylic acids is 1. The van der Waals surface area contributed by atoms with Crippen LogP contribution in [0, 0.1) is 0 Å². The monoisotopic (exact) mass is 425 g/mol. The molecule has 1 N–H and O–H groups in total. The molecule has 5 nitrogen and oxygen atoms in total. The van der Waals surface area contributed by atoms with E-state index in [1.807, 2.05) is 24.3 Å². The predicted octanol–water partition coefficient (Wildman–Crippen LogP) is 4.62. The Balaban J connectivity index is 1.81. The highest BCUT2D eigenvalue weighted by molar-refractivity contribution is 7.91. The average Bonchev–Trinajstić information content (AvgIpc) is 3.17. The quantitative estimate of drug-likeness (QED) is 0.585. The maximum absolute atomic E-state index is 13.1. The molecule has 0 aliphatic carbocycles. The van der Waals surface area contributed by atoms with E-state index in [1.54, 1.807) is 41.8 Å². The van der Waals surface area contributed by atoms with E-state index < -0.39 is 9.84 Å². The molecule has 1 unspecified atom stereocenters. The number of hydrogen-bond donors (Lipinski definition) is 1. The van der Waals surface area contributed by atoms with Gasteiger partial charge in [0.2, 0.25) is 15.7 Å². The van der Waals surface area contributed by atoms with Gasteiger partial charge in [-0.2, -0.15) is 0 Å². The van der Waals surface area contributed by atoms with E-state index in [1.165, 1.54) is 11.3 Å². The molecule has 29 heavy (non-hydrogen) atoms. The molecule has 0 saturated carbocycles. The van der Waals surface area contributed by atoms with E-state index in [0.29, 0.717) is 18.0 Å². The average molecular weight is 426 g/mol. The van der Waals surface area contributed by atoms with Crippen molar-refractivity contribution in [1.82, 2.24) is 0 Å². The standard InChI is InChI=1S/C22H19NO4S2/c1-2-12-27-18-11-7-6-10-16(18)17-13-20(24)23-21-19(14-28-22(17)21)29(25,26)15-8-4-3-5-9-15/h2-11,14,17H,1,12-13H2,(H,23,24). The van der Waals surface area contributed by atoms with Gasteiger partial charge in [-0.1, -0.05) is 49.1 Å². The molecule has 1 amide bonds. The number of anilines is 1. The highest BCUT2D eigenvalue weighted by Gasteiger charge is 2.35. The summed E-state index contributed by atoms with van der Waals surface area (Å²) in [5.41, 5.74) is 1.23. The Kier molecular flexibility index (Phi) is 5.25. The highest BCUT2D eigenvalue weighted by Crippen LogP contribution is 2.47. The Hall–Kier alpha value is -2.90. The van der Waals surface area contributed by atoms with Crippen LogP contribution in [0.4, 0.5) is 5.69 Å². The predicted molar refractivity (Wildman–Crippen MR) is 113 cm³/mol. The molecule has 1 aliphatic heterocycles. The van der Waals surface area contributed by atoms with Crippen LogP contribution in [-0.2, 0) is 14.6 Å². The van der Waals surface area contributed by atoms with Gasteiger partial charge in [0.25, 0.3) is 0 Å². The molecule has 1 aliphatic rings. The largest absolute Gasteiger partial charge is 0.489 e. The smallest absolute Gasteiger partial charge is 0.225 e. The van der Waals surface area contributed by atoms with Crippen molar-refractivity contribution in [2.24, 2.45) is 0 Å². The van der Waals surface area contributed by atoms with Crippen molar-refractivity contribution in [3.63, 3.8) is 0 Å². The Bertz CT molecular complexity index is 1170. The summed E-state index contributed by atoms with van der Waals surface area (Å²) in [6, 6.07) is 15.8. The molecule has 4 rings (SSSR count). The van der Waals surface area contributed by atoms with Crippen LogP contribution in [0.15, 0.2) is 82.4 Å². The Morgan fingerprint density at radius 1 is 1.14 bits per heavy atom. The van der Waals surface area contributed by atoms with Crippen molar-refractivity contribution in [2.45, 2.75) is 22.1 Å². The first-order chi connectivity index (χ1) is 14.0. The van der Waals surface area contributed by atoms with E-state index in [2.05, 4.69) is 11.9 Å². The molecule has 148 valence electrons. The lowest BCUT2D eigenvalue weighted by atomic mass is 9.90. The van der Waals surface area contributed by atoms with Gasteiger partial charge in [-0.05, 0) is 18.2 Å². The molecular formula is C22H19NO4S2. The minimum absolute atomic E-state index is 0.131. The number of benzene rings is 2. The van der Waals surface area contributed by atoms with Crippen LogP contribution >= 0.6 is 11.3 Å².